The molecule has 25 nitrogen and oxygen atoms in total. The van der Waals surface area contributed by atoms with E-state index in [0.29, 0.717) is 52.5 Å². The quantitative estimate of drug-likeness (QED) is 0.0252. The van der Waals surface area contributed by atoms with Crippen LogP contribution in [0, 0.1) is 0 Å². The van der Waals surface area contributed by atoms with Crippen LogP contribution in [0.3, 0.4) is 0 Å². The number of Topliss-reactive ketones (excluding diaryl/α,β-unsaturated/α-hetero) is 2. The maximum Gasteiger partial charge on any atom is 0.158 e. The van der Waals surface area contributed by atoms with Gasteiger partial charge in [0, 0.05) is 117 Å². The van der Waals surface area contributed by atoms with Gasteiger partial charge in [-0.05, 0) is 151 Å². The summed E-state index contributed by atoms with van der Waals surface area (Å²) in [5.74, 6) is 0.410. The zero-order valence-electron chi connectivity index (χ0n) is 82.2. The number of rotatable bonds is 46. The number of unbranched alkanes of at least 4 members (excludes halogenated alkanes) is 4. The van der Waals surface area contributed by atoms with E-state index in [1.165, 1.54) is 52.1 Å². The van der Waals surface area contributed by atoms with Gasteiger partial charge >= 0.3 is 0 Å². The van der Waals surface area contributed by atoms with E-state index < -0.39 is 0 Å². The standard InChI is InChI=1S/3C6H14O2.C6H14O.3C5H12O2.C5H10O2.5C5H12O.4C4H10O.C4H8O/c3*1-3-4-6(7)5-8-2;1-3-4-5-6-7-2;4*1-3-5(6)4-7-2;2*1-3-4-5-6-2;3*1-3-4-5(2)6;1-3-4-5-2;4*1-3-4(2)5/h3*6-7H,3-5H2,1-2H3;3-6H2,1-2H3;3*5-6H,3-4H2,1-2H3;3-4H2,1-2H3;2*3-5H2,1-2H3;3*5-6H,3-4H2,1-2H3;3-4H2,1-2H3;3*4-5H,3H2,1-2H3;3H2,1-2H3/t2*6-;;;2*5-;;;;;2*5-;;;2*4-;;/m10..10....10..10../s1. The SMILES string of the molecule is CCC(=O)COC.CCC(C)=O.CCC(C)O.CCC(O)COC.CCCC(C)O.CCCC(O)COC.CCCCCOC.CCCCOC.CCCCOC.CCCOC.CCC[C@@H](C)O.CCC[C@@H](O)COC.CCC[C@H](C)O.CCC[C@H](O)COC.CC[C@@H](C)O.CC[C@@H](O)COC.CC[C@H](C)O.CC[C@H](O)COC. The van der Waals surface area contributed by atoms with Gasteiger partial charge in [0.2, 0.25) is 0 Å². The number of aliphatic hydroxyl groups is 12. The molecule has 12 atom stereocenters. The predicted molar refractivity (Wildman–Crippen MR) is 484 cm³/mol. The molecule has 0 aromatic heterocycles. The molecule has 0 saturated heterocycles. The van der Waals surface area contributed by atoms with Crippen LogP contribution in [-0.4, -0.2) is 297 Å². The molecule has 25 heteroatoms. The molecule has 12 N–H and O–H groups in total. The Morgan fingerprint density at radius 1 is 0.228 bits per heavy atom. The molecule has 0 aromatic carbocycles. The van der Waals surface area contributed by atoms with E-state index in [0.717, 1.165) is 148 Å². The first-order chi connectivity index (χ1) is 53.7. The number of carbonyl (C=O) groups excluding carboxylic acids is 2. The lowest BCUT2D eigenvalue weighted by atomic mass is 10.2. The molecule has 114 heavy (non-hydrogen) atoms. The lowest BCUT2D eigenvalue weighted by molar-refractivity contribution is -0.122. The first kappa shape index (κ1) is 157. The van der Waals surface area contributed by atoms with Gasteiger partial charge in [0.15, 0.2) is 5.78 Å². The fourth-order valence-electron chi connectivity index (χ4n) is 5.55. The van der Waals surface area contributed by atoms with Gasteiger partial charge in [-0.1, -0.05) is 189 Å². The second-order valence-corrected chi connectivity index (χ2v) is 26.7. The molecule has 0 rings (SSSR count). The lowest BCUT2D eigenvalue weighted by Crippen LogP contribution is -2.12. The highest BCUT2D eigenvalue weighted by atomic mass is 16.5. The summed E-state index contributed by atoms with van der Waals surface area (Å²) < 4.78 is 51.7. The molecule has 0 aromatic rings. The molecule has 0 aliphatic heterocycles. The molecule has 0 amide bonds. The molecule has 0 aliphatic carbocycles. The summed E-state index contributed by atoms with van der Waals surface area (Å²) in [4.78, 5) is 20.1. The Hall–Kier alpha value is -1.58. The summed E-state index contributed by atoms with van der Waals surface area (Å²) in [7, 11) is 18.0. The Balaban J connectivity index is -0.0000000536. The van der Waals surface area contributed by atoms with E-state index in [9.17, 15) is 9.59 Å². The van der Waals surface area contributed by atoms with Gasteiger partial charge in [-0.3, -0.25) is 4.79 Å². The van der Waals surface area contributed by atoms with Crippen molar-refractivity contribution < 1.29 is 123 Å². The zero-order valence-corrected chi connectivity index (χ0v) is 82.2. The van der Waals surface area contributed by atoms with Crippen molar-refractivity contribution in [3.63, 3.8) is 0 Å². The van der Waals surface area contributed by atoms with Crippen molar-refractivity contribution in [1.82, 2.24) is 0 Å². The van der Waals surface area contributed by atoms with Gasteiger partial charge in [-0.2, -0.15) is 0 Å². The van der Waals surface area contributed by atoms with Crippen LogP contribution < -0.4 is 0 Å². The van der Waals surface area contributed by atoms with Gasteiger partial charge in [0.25, 0.3) is 0 Å². The molecule has 4 unspecified atom stereocenters. The summed E-state index contributed by atoms with van der Waals surface area (Å²) in [6.45, 7) is 55.2. The minimum atomic E-state index is -0.273. The van der Waals surface area contributed by atoms with Crippen LogP contribution in [0.15, 0.2) is 0 Å². The molecule has 0 heterocycles. The second-order valence-electron chi connectivity index (χ2n) is 26.7. The van der Waals surface area contributed by atoms with E-state index in [-0.39, 0.29) is 91.4 Å². The van der Waals surface area contributed by atoms with Gasteiger partial charge in [0.05, 0.1) is 113 Å². The van der Waals surface area contributed by atoms with Crippen LogP contribution in [0.1, 0.15) is 353 Å². The van der Waals surface area contributed by atoms with Crippen LogP contribution in [0.2, 0.25) is 0 Å². The molecule has 0 bridgehead atoms. The van der Waals surface area contributed by atoms with Crippen molar-refractivity contribution in [2.24, 2.45) is 0 Å². The number of ether oxygens (including phenoxy) is 11. The van der Waals surface area contributed by atoms with E-state index in [1.807, 2.05) is 96.9 Å². The average Bonchev–Trinajstić information content (AvgIpc) is 1.23. The van der Waals surface area contributed by atoms with E-state index >= 15 is 0 Å². The van der Waals surface area contributed by atoms with Crippen LogP contribution in [0.4, 0.5) is 0 Å². The third-order valence-corrected chi connectivity index (χ3v) is 13.3. The van der Waals surface area contributed by atoms with E-state index in [1.54, 1.807) is 98.8 Å². The van der Waals surface area contributed by atoms with Crippen LogP contribution in [0.5, 0.6) is 0 Å². The van der Waals surface area contributed by atoms with Crippen LogP contribution in [-0.2, 0) is 61.7 Å². The highest BCUT2D eigenvalue weighted by Crippen LogP contribution is 1.99. The number of aliphatic hydroxyl groups excluding tert-OH is 12. The summed E-state index contributed by atoms with van der Waals surface area (Å²) in [5.41, 5.74) is 0. The molecule has 0 saturated carbocycles. The van der Waals surface area contributed by atoms with Crippen molar-refractivity contribution >= 4 is 11.6 Å². The van der Waals surface area contributed by atoms with Gasteiger partial charge in [0.1, 0.15) is 12.4 Å². The molecular weight excluding hydrogens is 1470 g/mol. The molecular formula is C89H210O25. The van der Waals surface area contributed by atoms with E-state index in [4.69, 9.17) is 94.4 Å². The number of ketones is 2. The Bertz CT molecular complexity index is 1220. The molecule has 716 valence electrons. The second kappa shape index (κ2) is 166. The number of methoxy groups -OCH3 is 11. The third kappa shape index (κ3) is 309. The van der Waals surface area contributed by atoms with Crippen molar-refractivity contribution in [3.05, 3.63) is 0 Å². The largest absolute Gasteiger partial charge is 0.393 e. The first-order valence-corrected chi connectivity index (χ1v) is 43.3. The summed E-state index contributed by atoms with van der Waals surface area (Å²) in [6.07, 6.45) is 25.3. The molecule has 0 fully saturated rings. The number of hydrogen-bond donors (Lipinski definition) is 12. The average molecular weight is 1680 g/mol. The number of hydrogen-bond acceptors (Lipinski definition) is 25. The van der Waals surface area contributed by atoms with Gasteiger partial charge in [-0.15, -0.1) is 0 Å². The smallest absolute Gasteiger partial charge is 0.158 e. The molecule has 0 aliphatic rings. The fourth-order valence-corrected chi connectivity index (χ4v) is 5.55. The third-order valence-electron chi connectivity index (χ3n) is 13.3. The lowest BCUT2D eigenvalue weighted by Gasteiger charge is -2.05. The monoisotopic (exact) mass is 1680 g/mol. The Morgan fingerprint density at radius 3 is 0.509 bits per heavy atom. The predicted octanol–water partition coefficient (Wildman–Crippen LogP) is 16.8. The van der Waals surface area contributed by atoms with Crippen molar-refractivity contribution in [3.8, 4) is 0 Å². The topological polar surface area (TPSA) is 378 Å². The highest BCUT2D eigenvalue weighted by Gasteiger charge is 2.02. The minimum Gasteiger partial charge on any atom is -0.393 e. The van der Waals surface area contributed by atoms with Crippen LogP contribution >= 0.6 is 0 Å². The van der Waals surface area contributed by atoms with Crippen molar-refractivity contribution in [2.45, 2.75) is 426 Å². The maximum absolute atomic E-state index is 10.3. The zero-order chi connectivity index (χ0) is 93.4. The summed E-state index contributed by atoms with van der Waals surface area (Å²) >= 11 is 0. The Labute approximate surface area is 708 Å². The maximum atomic E-state index is 10.3. The van der Waals surface area contributed by atoms with Gasteiger partial charge in [-0.25, -0.2) is 0 Å². The van der Waals surface area contributed by atoms with Crippen molar-refractivity contribution in [1.29, 1.82) is 0 Å². The Morgan fingerprint density at radius 2 is 0.430 bits per heavy atom. The van der Waals surface area contributed by atoms with Gasteiger partial charge < -0.3 is 118 Å². The summed E-state index contributed by atoms with van der Waals surface area (Å²) in [6, 6.07) is 0. The number of carbonyl (C=O) groups is 2. The first-order valence-electron chi connectivity index (χ1n) is 43.3. The fraction of sp³-hybridized carbons (Fsp3) is 0.978. The van der Waals surface area contributed by atoms with Crippen molar-refractivity contribution in [2.75, 3.05) is 151 Å². The summed E-state index contributed by atoms with van der Waals surface area (Å²) in [5, 5.41) is 104. The normalized spacial score (nSPS) is 12.6. The minimum absolute atomic E-state index is 0.102. The highest BCUT2D eigenvalue weighted by molar-refractivity contribution is 5.79. The van der Waals surface area contributed by atoms with E-state index in [2.05, 4.69) is 67.4 Å². The molecule has 0 spiro atoms. The van der Waals surface area contributed by atoms with Crippen LogP contribution in [0.25, 0.3) is 0 Å². The Kier molecular flexibility index (Phi) is 228. The molecule has 0 radical (unpaired) electrons.